The van der Waals surface area contributed by atoms with Crippen LogP contribution in [0.5, 0.6) is 5.75 Å². The Morgan fingerprint density at radius 1 is 1.06 bits per heavy atom. The van der Waals surface area contributed by atoms with Crippen molar-refractivity contribution in [2.24, 2.45) is 17.8 Å². The van der Waals surface area contributed by atoms with Crippen molar-refractivity contribution in [1.29, 1.82) is 0 Å². The summed E-state index contributed by atoms with van der Waals surface area (Å²) in [5.41, 5.74) is 1.77. The second kappa shape index (κ2) is 14.8. The lowest BCUT2D eigenvalue weighted by Crippen LogP contribution is -2.61. The molecular formula is C41H56ClN5O5S. The molecule has 2 aromatic rings. The maximum absolute atomic E-state index is 13.6. The van der Waals surface area contributed by atoms with Crippen LogP contribution in [0.15, 0.2) is 42.5 Å². The zero-order valence-corrected chi connectivity index (χ0v) is 33.1. The zero-order chi connectivity index (χ0) is 37.0. The van der Waals surface area contributed by atoms with Crippen LogP contribution in [0, 0.1) is 17.8 Å². The van der Waals surface area contributed by atoms with Gasteiger partial charge in [0.2, 0.25) is 10.0 Å². The first-order valence-corrected chi connectivity index (χ1v) is 21.8. The van der Waals surface area contributed by atoms with E-state index >= 15 is 0 Å². The number of methoxy groups -OCH3 is 1. The number of pyridine rings is 1. The summed E-state index contributed by atoms with van der Waals surface area (Å²) in [6, 6.07) is 10.2. The second-order valence-electron chi connectivity index (χ2n) is 16.9. The van der Waals surface area contributed by atoms with Crippen LogP contribution in [0.25, 0.3) is 0 Å². The number of aromatic nitrogens is 1. The first kappa shape index (κ1) is 37.2. The summed E-state index contributed by atoms with van der Waals surface area (Å²) in [5, 5.41) is -0.0528. The van der Waals surface area contributed by atoms with Gasteiger partial charge in [-0.15, -0.1) is 0 Å². The van der Waals surface area contributed by atoms with E-state index in [4.69, 9.17) is 26.1 Å². The largest absolute Gasteiger partial charge is 0.489 e. The van der Waals surface area contributed by atoms with E-state index in [1.165, 1.54) is 36.9 Å². The topological polar surface area (TPSA) is 104 Å². The van der Waals surface area contributed by atoms with Gasteiger partial charge < -0.3 is 14.4 Å². The maximum Gasteiger partial charge on any atom is 0.283 e. The average Bonchev–Trinajstić information content (AvgIpc) is 3.28. The molecule has 53 heavy (non-hydrogen) atoms. The molecule has 1 saturated carbocycles. The number of benzene rings is 1. The number of halogens is 1. The predicted octanol–water partition coefficient (Wildman–Crippen LogP) is 5.83. The van der Waals surface area contributed by atoms with Crippen LogP contribution in [0.1, 0.15) is 86.8 Å². The van der Waals surface area contributed by atoms with Gasteiger partial charge in [0.15, 0.2) is 11.6 Å². The number of nitrogens with zero attached hydrogens (tertiary/aromatic N) is 4. The Hall–Kier alpha value is -2.70. The second-order valence-corrected chi connectivity index (χ2v) is 19.4. The van der Waals surface area contributed by atoms with Gasteiger partial charge in [0.1, 0.15) is 11.3 Å². The number of hydrogen-bond donors (Lipinski definition) is 1. The van der Waals surface area contributed by atoms with E-state index in [9.17, 15) is 13.2 Å². The van der Waals surface area contributed by atoms with Crippen LogP contribution >= 0.6 is 11.6 Å². The summed E-state index contributed by atoms with van der Waals surface area (Å²) in [6.45, 7) is 10.7. The van der Waals surface area contributed by atoms with E-state index < -0.39 is 26.8 Å². The lowest BCUT2D eigenvalue weighted by Gasteiger charge is -2.53. The molecule has 2 saturated heterocycles. The highest BCUT2D eigenvalue weighted by Crippen LogP contribution is 2.49. The Morgan fingerprint density at radius 3 is 2.74 bits per heavy atom. The van der Waals surface area contributed by atoms with Gasteiger partial charge in [0.05, 0.1) is 11.9 Å². The van der Waals surface area contributed by atoms with E-state index in [-0.39, 0.29) is 22.9 Å². The van der Waals surface area contributed by atoms with E-state index in [2.05, 4.69) is 43.7 Å². The number of ether oxygens (including phenoxy) is 2. The summed E-state index contributed by atoms with van der Waals surface area (Å²) in [4.78, 5) is 26.2. The number of rotatable bonds is 3. The fraction of sp³-hybridized carbons (Fsp3) is 0.659. The number of amides is 1. The van der Waals surface area contributed by atoms with Crippen molar-refractivity contribution in [3.05, 3.63) is 64.3 Å². The summed E-state index contributed by atoms with van der Waals surface area (Å²) >= 11 is 6.50. The van der Waals surface area contributed by atoms with E-state index in [1.54, 1.807) is 19.1 Å². The van der Waals surface area contributed by atoms with Crippen LogP contribution in [0.2, 0.25) is 5.02 Å². The fourth-order valence-electron chi connectivity index (χ4n) is 10.4. The SMILES string of the molecule is CO[C@@]1(CN2CCN3CCCC[C@@H]3C2)/C=C/C[C@H](C)[C@@H](C)S(=O)(=O)NC(=O)c2ccc3c(n2)N(C[C@@H]2CC[C@H]21)C[C@@]1(CCCc2cc(Cl)ccc21)CO3. The first-order valence-electron chi connectivity index (χ1n) is 19.9. The molecule has 1 amide bonds. The van der Waals surface area contributed by atoms with Crippen molar-refractivity contribution in [3.63, 3.8) is 0 Å². The molecule has 1 spiro atoms. The molecule has 1 N–H and O–H groups in total. The molecule has 1 aromatic carbocycles. The van der Waals surface area contributed by atoms with Gasteiger partial charge in [0.25, 0.3) is 5.91 Å². The summed E-state index contributed by atoms with van der Waals surface area (Å²) in [7, 11) is -2.12. The molecule has 12 heteroatoms. The average molecular weight is 766 g/mol. The molecule has 4 aliphatic heterocycles. The normalized spacial score (nSPS) is 35.4. The maximum atomic E-state index is 13.6. The van der Waals surface area contributed by atoms with Crippen molar-refractivity contribution >= 4 is 33.3 Å². The van der Waals surface area contributed by atoms with Gasteiger partial charge in [0, 0.05) is 62.9 Å². The molecule has 2 aliphatic carbocycles. The Labute approximate surface area is 320 Å². The number of piperidine rings is 1. The Kier molecular flexibility index (Phi) is 10.4. The van der Waals surface area contributed by atoms with Gasteiger partial charge in [-0.3, -0.25) is 14.6 Å². The van der Waals surface area contributed by atoms with Crippen molar-refractivity contribution in [3.8, 4) is 5.75 Å². The Morgan fingerprint density at radius 2 is 1.92 bits per heavy atom. The van der Waals surface area contributed by atoms with Gasteiger partial charge in [-0.25, -0.2) is 18.1 Å². The zero-order valence-electron chi connectivity index (χ0n) is 31.6. The van der Waals surface area contributed by atoms with Crippen LogP contribution < -0.4 is 14.4 Å². The minimum atomic E-state index is -3.99. The van der Waals surface area contributed by atoms with Gasteiger partial charge in [-0.05, 0) is 118 Å². The lowest BCUT2D eigenvalue weighted by atomic mass is 9.63. The van der Waals surface area contributed by atoms with Crippen molar-refractivity contribution in [2.75, 3.05) is 64.4 Å². The highest BCUT2D eigenvalue weighted by Gasteiger charge is 2.50. The third-order valence-electron chi connectivity index (χ3n) is 13.8. The number of carbonyl (C=O) groups is 1. The smallest absolute Gasteiger partial charge is 0.283 e. The van der Waals surface area contributed by atoms with E-state index in [0.29, 0.717) is 43.1 Å². The molecule has 10 nitrogen and oxygen atoms in total. The standard InChI is InChI=1S/C41H56ClN5O5S/c1-28-8-6-18-41(51-3,26-45-20-21-46-19-5-4-10-33(46)24-45)35-13-11-31(35)23-47-25-40(17-7-9-30-22-32(42)12-14-34(30)40)27-52-37-16-15-36(43-38(37)47)39(48)44-53(49,50)29(28)2/h6,12,14-16,18,22,28-29,31,33,35H,4-5,7-11,13,17,19-21,23-27H2,1-3H3,(H,44,48)/b18-6+/t28-,29+,31-,33+,35+,40-,41+/m0/s1. The number of aryl methyl sites for hydroxylation is 1. The lowest BCUT2D eigenvalue weighted by molar-refractivity contribution is -0.100. The molecule has 1 aromatic heterocycles. The van der Waals surface area contributed by atoms with E-state index in [1.807, 2.05) is 20.1 Å². The monoisotopic (exact) mass is 765 g/mol. The number of sulfonamides is 1. The van der Waals surface area contributed by atoms with Crippen LogP contribution in [-0.4, -0.2) is 106 Å². The fourth-order valence-corrected chi connectivity index (χ4v) is 11.8. The van der Waals surface area contributed by atoms with Crippen molar-refractivity contribution < 1.29 is 22.7 Å². The number of fused-ring (bicyclic) bond motifs is 5. The highest BCUT2D eigenvalue weighted by atomic mass is 35.5. The molecule has 0 unspecified atom stereocenters. The van der Waals surface area contributed by atoms with Gasteiger partial charge in [-0.1, -0.05) is 43.2 Å². The first-order chi connectivity index (χ1) is 25.5. The molecule has 0 radical (unpaired) electrons. The van der Waals surface area contributed by atoms with Crippen LogP contribution in [0.4, 0.5) is 5.82 Å². The number of piperazine rings is 1. The predicted molar refractivity (Wildman–Crippen MR) is 208 cm³/mol. The van der Waals surface area contributed by atoms with Gasteiger partial charge >= 0.3 is 0 Å². The van der Waals surface area contributed by atoms with E-state index in [0.717, 1.165) is 69.9 Å². The number of carbonyl (C=O) groups excluding carboxylic acids is 1. The molecular weight excluding hydrogens is 710 g/mol. The van der Waals surface area contributed by atoms with Crippen molar-refractivity contribution in [1.82, 2.24) is 19.5 Å². The minimum Gasteiger partial charge on any atom is -0.489 e. The Balaban J connectivity index is 1.19. The third kappa shape index (κ3) is 7.14. The summed E-state index contributed by atoms with van der Waals surface area (Å²) < 4.78 is 43.0. The van der Waals surface area contributed by atoms with Crippen molar-refractivity contribution in [2.45, 2.75) is 93.9 Å². The Bertz CT molecular complexity index is 1840. The molecule has 3 fully saturated rings. The number of anilines is 1. The van der Waals surface area contributed by atoms with Gasteiger partial charge in [-0.2, -0.15) is 0 Å². The molecule has 7 atom stereocenters. The van der Waals surface area contributed by atoms with Crippen LogP contribution in [0.3, 0.4) is 0 Å². The van der Waals surface area contributed by atoms with Crippen LogP contribution in [-0.2, 0) is 26.6 Å². The number of hydrogen-bond acceptors (Lipinski definition) is 9. The number of nitrogens with one attached hydrogen (secondary N) is 1. The summed E-state index contributed by atoms with van der Waals surface area (Å²) in [5.74, 6) is 0.837. The molecule has 288 valence electrons. The minimum absolute atomic E-state index is 0.0674. The molecule has 8 rings (SSSR count). The molecule has 5 heterocycles. The third-order valence-corrected chi connectivity index (χ3v) is 16.0. The molecule has 6 aliphatic rings. The number of allylic oxidation sites excluding steroid dienone is 1. The summed E-state index contributed by atoms with van der Waals surface area (Å²) in [6.07, 6.45) is 13.9. The quantitative estimate of drug-likeness (QED) is 0.387. The molecule has 2 bridgehead atoms. The highest BCUT2D eigenvalue weighted by molar-refractivity contribution is 7.90.